The fourth-order valence-electron chi connectivity index (χ4n) is 1.17. The van der Waals surface area contributed by atoms with Crippen LogP contribution in [0.4, 0.5) is 8.78 Å². The van der Waals surface area contributed by atoms with Crippen LogP contribution in [-0.2, 0) is 0 Å². The number of halogens is 3. The molecule has 0 radical (unpaired) electrons. The predicted molar refractivity (Wildman–Crippen MR) is 61.5 cm³/mol. The van der Waals surface area contributed by atoms with Gasteiger partial charge in [0.2, 0.25) is 0 Å². The number of carbonyl (C=O) groups excluding carboxylic acids is 1. The molecule has 0 fully saturated rings. The molecule has 1 rings (SSSR count). The van der Waals surface area contributed by atoms with Gasteiger partial charge in [0.15, 0.2) is 5.78 Å². The molecular weight excluding hydrogens is 236 g/mol. The van der Waals surface area contributed by atoms with Crippen LogP contribution in [0.1, 0.15) is 29.3 Å². The first-order valence-corrected chi connectivity index (χ1v) is 4.66. The molecule has 0 bridgehead atoms. The van der Waals surface area contributed by atoms with Crippen molar-refractivity contribution in [2.24, 2.45) is 0 Å². The smallest absolute Gasteiger partial charge is 0.263 e. The maximum atomic E-state index is 12.2. The molecule has 0 amide bonds. The molecule has 16 heavy (non-hydrogen) atoms. The molecule has 0 saturated heterocycles. The molecule has 0 aliphatic rings. The lowest BCUT2D eigenvalue weighted by atomic mass is 10.0. The summed E-state index contributed by atoms with van der Waals surface area (Å²) in [5.41, 5.74) is 0.380. The minimum atomic E-state index is -2.49. The fraction of sp³-hybridized carbons (Fsp3) is 0.364. The zero-order valence-corrected chi connectivity index (χ0v) is 9.85. The molecule has 0 aromatic heterocycles. The van der Waals surface area contributed by atoms with Crippen molar-refractivity contribution in [3.8, 4) is 0 Å². The maximum Gasteiger partial charge on any atom is 0.263 e. The first kappa shape index (κ1) is 15.0. The van der Waals surface area contributed by atoms with Crippen LogP contribution >= 0.6 is 12.4 Å². The van der Waals surface area contributed by atoms with Crippen LogP contribution in [0.5, 0.6) is 0 Å². The summed E-state index contributed by atoms with van der Waals surface area (Å²) in [6.07, 6.45) is -2.49. The zero-order valence-electron chi connectivity index (χ0n) is 9.04. The molecule has 0 aliphatic carbocycles. The van der Waals surface area contributed by atoms with Crippen molar-refractivity contribution in [2.45, 2.75) is 19.4 Å². The highest BCUT2D eigenvalue weighted by Crippen LogP contribution is 2.19. The summed E-state index contributed by atoms with van der Waals surface area (Å²) >= 11 is 0. The van der Waals surface area contributed by atoms with E-state index in [1.54, 1.807) is 14.0 Å². The number of benzene rings is 1. The second kappa shape index (κ2) is 6.55. The highest BCUT2D eigenvalue weighted by atomic mass is 35.5. The van der Waals surface area contributed by atoms with Gasteiger partial charge < -0.3 is 5.32 Å². The van der Waals surface area contributed by atoms with E-state index >= 15 is 0 Å². The molecule has 1 atom stereocenters. The molecule has 1 aromatic carbocycles. The molecule has 1 aromatic rings. The van der Waals surface area contributed by atoms with E-state index in [9.17, 15) is 13.6 Å². The van der Waals surface area contributed by atoms with Crippen LogP contribution in [0.2, 0.25) is 0 Å². The normalized spacial score (nSPS) is 12.1. The Labute approximate surface area is 99.5 Å². The third-order valence-corrected chi connectivity index (χ3v) is 2.27. The summed E-state index contributed by atoms with van der Waals surface area (Å²) in [6.45, 7) is 1.73. The molecule has 1 unspecified atom stereocenters. The van der Waals surface area contributed by atoms with Crippen LogP contribution in [0, 0.1) is 0 Å². The molecule has 5 heteroatoms. The number of nitrogens with one attached hydrogen (secondary N) is 1. The van der Waals surface area contributed by atoms with Crippen molar-refractivity contribution in [1.82, 2.24) is 5.32 Å². The Hall–Kier alpha value is -1.00. The number of hydrogen-bond donors (Lipinski definition) is 1. The monoisotopic (exact) mass is 249 g/mol. The van der Waals surface area contributed by atoms with E-state index in [2.05, 4.69) is 5.32 Å². The lowest BCUT2D eigenvalue weighted by molar-refractivity contribution is 0.0954. The zero-order chi connectivity index (χ0) is 11.4. The van der Waals surface area contributed by atoms with Gasteiger partial charge in [-0.25, -0.2) is 8.78 Å². The second-order valence-corrected chi connectivity index (χ2v) is 3.30. The van der Waals surface area contributed by atoms with Crippen molar-refractivity contribution in [1.29, 1.82) is 0 Å². The Morgan fingerprint density at radius 1 is 1.25 bits per heavy atom. The highest BCUT2D eigenvalue weighted by molar-refractivity contribution is 5.99. The van der Waals surface area contributed by atoms with Gasteiger partial charge in [0.1, 0.15) is 0 Å². The Bertz CT molecular complexity index is 340. The third-order valence-electron chi connectivity index (χ3n) is 2.27. The Morgan fingerprint density at radius 3 is 2.12 bits per heavy atom. The fourth-order valence-corrected chi connectivity index (χ4v) is 1.17. The summed E-state index contributed by atoms with van der Waals surface area (Å²) in [7, 11) is 1.68. The highest BCUT2D eigenvalue weighted by Gasteiger charge is 2.13. The van der Waals surface area contributed by atoms with Gasteiger partial charge in [-0.2, -0.15) is 0 Å². The van der Waals surface area contributed by atoms with Crippen LogP contribution in [-0.4, -0.2) is 18.9 Å². The largest absolute Gasteiger partial charge is 0.310 e. The standard InChI is InChI=1S/C11H13F2NO.ClH/c1-7(14-2)10(15)8-3-5-9(6-4-8)11(12)13;/h3-7,11,14H,1-2H3;1H. The Kier molecular flexibility index (Phi) is 6.14. The average molecular weight is 250 g/mol. The van der Waals surface area contributed by atoms with Gasteiger partial charge in [0.05, 0.1) is 6.04 Å². The van der Waals surface area contributed by atoms with Gasteiger partial charge in [-0.3, -0.25) is 4.79 Å². The number of likely N-dealkylation sites (N-methyl/N-ethyl adjacent to an activating group) is 1. The molecule has 90 valence electrons. The number of ketones is 1. The summed E-state index contributed by atoms with van der Waals surface area (Å²) in [5.74, 6) is -0.0988. The minimum absolute atomic E-state index is 0. The van der Waals surface area contributed by atoms with Crippen molar-refractivity contribution >= 4 is 18.2 Å². The summed E-state index contributed by atoms with van der Waals surface area (Å²) in [6, 6.07) is 5.11. The van der Waals surface area contributed by atoms with Gasteiger partial charge in [-0.1, -0.05) is 24.3 Å². The molecule has 0 saturated carbocycles. The van der Waals surface area contributed by atoms with E-state index in [1.807, 2.05) is 0 Å². The lowest BCUT2D eigenvalue weighted by Gasteiger charge is -2.09. The van der Waals surface area contributed by atoms with E-state index in [-0.39, 0.29) is 29.8 Å². The number of Topliss-reactive ketones (excluding diaryl/α,β-unsaturated/α-hetero) is 1. The van der Waals surface area contributed by atoms with Gasteiger partial charge in [0.25, 0.3) is 6.43 Å². The molecule has 0 heterocycles. The first-order valence-electron chi connectivity index (χ1n) is 4.66. The summed E-state index contributed by atoms with van der Waals surface area (Å²) in [5, 5.41) is 2.80. The number of carbonyl (C=O) groups is 1. The van der Waals surface area contributed by atoms with Crippen molar-refractivity contribution < 1.29 is 13.6 Å². The minimum Gasteiger partial charge on any atom is -0.310 e. The summed E-state index contributed by atoms with van der Waals surface area (Å²) in [4.78, 5) is 11.6. The van der Waals surface area contributed by atoms with Gasteiger partial charge in [-0.15, -0.1) is 12.4 Å². The van der Waals surface area contributed by atoms with E-state index in [1.165, 1.54) is 24.3 Å². The maximum absolute atomic E-state index is 12.2. The molecule has 1 N–H and O–H groups in total. The van der Waals surface area contributed by atoms with Gasteiger partial charge in [-0.05, 0) is 14.0 Å². The molecular formula is C11H14ClF2NO. The van der Waals surface area contributed by atoms with Gasteiger partial charge in [0, 0.05) is 11.1 Å². The van der Waals surface area contributed by atoms with Crippen LogP contribution in [0.3, 0.4) is 0 Å². The number of rotatable bonds is 4. The van der Waals surface area contributed by atoms with Crippen LogP contribution in [0.25, 0.3) is 0 Å². The van der Waals surface area contributed by atoms with Crippen molar-refractivity contribution in [2.75, 3.05) is 7.05 Å². The summed E-state index contributed by atoms with van der Waals surface area (Å²) < 4.78 is 24.5. The Balaban J connectivity index is 0.00000225. The van der Waals surface area contributed by atoms with Crippen LogP contribution < -0.4 is 5.32 Å². The molecule has 0 aliphatic heterocycles. The topological polar surface area (TPSA) is 29.1 Å². The van der Waals surface area contributed by atoms with E-state index in [4.69, 9.17) is 0 Å². The second-order valence-electron chi connectivity index (χ2n) is 3.30. The first-order chi connectivity index (χ1) is 7.06. The van der Waals surface area contributed by atoms with Gasteiger partial charge >= 0.3 is 0 Å². The molecule has 0 spiro atoms. The van der Waals surface area contributed by atoms with E-state index in [0.29, 0.717) is 5.56 Å². The molecule has 2 nitrogen and oxygen atoms in total. The van der Waals surface area contributed by atoms with Crippen molar-refractivity contribution in [3.63, 3.8) is 0 Å². The quantitative estimate of drug-likeness (QED) is 0.832. The Morgan fingerprint density at radius 2 is 1.75 bits per heavy atom. The predicted octanol–water partition coefficient (Wildman–Crippen LogP) is 2.84. The number of hydrogen-bond acceptors (Lipinski definition) is 2. The number of alkyl halides is 2. The van der Waals surface area contributed by atoms with Crippen LogP contribution in [0.15, 0.2) is 24.3 Å². The SMILES string of the molecule is CNC(C)C(=O)c1ccc(C(F)F)cc1.Cl. The van der Waals surface area contributed by atoms with E-state index < -0.39 is 6.43 Å². The third kappa shape index (κ3) is 3.54. The van der Waals surface area contributed by atoms with Crippen molar-refractivity contribution in [3.05, 3.63) is 35.4 Å². The van der Waals surface area contributed by atoms with E-state index in [0.717, 1.165) is 0 Å². The average Bonchev–Trinajstić information content (AvgIpc) is 2.27. The lowest BCUT2D eigenvalue weighted by Crippen LogP contribution is -2.30.